The number of nitrogens with zero attached hydrogens (tertiary/aromatic N) is 1. The molecule has 0 radical (unpaired) electrons. The number of thiol groups is 1. The van der Waals surface area contributed by atoms with Crippen LogP contribution in [0.15, 0.2) is 24.3 Å². The molecule has 0 spiro atoms. The van der Waals surface area contributed by atoms with Crippen molar-refractivity contribution < 1.29 is 39.3 Å². The van der Waals surface area contributed by atoms with Gasteiger partial charge in [0.15, 0.2) is 0 Å². The zero-order chi connectivity index (χ0) is 26.1. The molecule has 4 unspecified atom stereocenters. The van der Waals surface area contributed by atoms with E-state index in [-0.39, 0.29) is 37.3 Å². The first-order valence-corrected chi connectivity index (χ1v) is 11.7. The Morgan fingerprint density at radius 1 is 1.06 bits per heavy atom. The van der Waals surface area contributed by atoms with E-state index in [2.05, 4.69) is 23.3 Å². The molecule has 4 atom stereocenters. The Bertz CT molecular complexity index is 942. The van der Waals surface area contributed by atoms with Crippen LogP contribution < -0.4 is 16.4 Å². The number of hydrogen-bond acceptors (Lipinski definition) is 8. The molecule has 0 aromatic heterocycles. The summed E-state index contributed by atoms with van der Waals surface area (Å²) in [6, 6.07) is 1.50. The number of amides is 3. The summed E-state index contributed by atoms with van der Waals surface area (Å²) in [7, 11) is 0. The maximum absolute atomic E-state index is 13.3. The Morgan fingerprint density at radius 3 is 2.26 bits per heavy atom. The molecule has 1 aromatic rings. The Kier molecular flexibility index (Phi) is 10.3. The van der Waals surface area contributed by atoms with Gasteiger partial charge in [0.2, 0.25) is 17.7 Å². The predicted molar refractivity (Wildman–Crippen MR) is 127 cm³/mol. The van der Waals surface area contributed by atoms with Crippen LogP contribution in [0, 0.1) is 0 Å². The lowest BCUT2D eigenvalue weighted by Gasteiger charge is -2.29. The second-order valence-corrected chi connectivity index (χ2v) is 8.61. The number of hydrogen-bond donors (Lipinski definition) is 7. The SMILES string of the molecule is NC(CCC(=O)O)C(=O)NC(CS)C(=O)NC(Cc1ccc(O)cc1)C(=O)N1CCCC1C(=O)O. The highest BCUT2D eigenvalue weighted by molar-refractivity contribution is 7.80. The minimum Gasteiger partial charge on any atom is -0.508 e. The molecule has 2 rings (SSSR count). The van der Waals surface area contributed by atoms with Crippen LogP contribution >= 0.6 is 12.6 Å². The van der Waals surface area contributed by atoms with Crippen LogP contribution in [0.25, 0.3) is 0 Å². The highest BCUT2D eigenvalue weighted by atomic mass is 32.1. The van der Waals surface area contributed by atoms with Crippen LogP contribution in [0.3, 0.4) is 0 Å². The molecule has 3 amide bonds. The summed E-state index contributed by atoms with van der Waals surface area (Å²) >= 11 is 4.08. The third kappa shape index (κ3) is 8.14. The van der Waals surface area contributed by atoms with E-state index >= 15 is 0 Å². The van der Waals surface area contributed by atoms with Gasteiger partial charge in [0.05, 0.1) is 6.04 Å². The van der Waals surface area contributed by atoms with Crippen LogP contribution in [0.2, 0.25) is 0 Å². The van der Waals surface area contributed by atoms with E-state index in [9.17, 15) is 34.2 Å². The lowest BCUT2D eigenvalue weighted by atomic mass is 10.0. The lowest BCUT2D eigenvalue weighted by Crippen LogP contribution is -2.58. The van der Waals surface area contributed by atoms with Gasteiger partial charge >= 0.3 is 11.9 Å². The number of aromatic hydroxyl groups is 1. The Morgan fingerprint density at radius 2 is 1.69 bits per heavy atom. The average molecular weight is 511 g/mol. The Hall–Kier alpha value is -3.32. The minimum atomic E-state index is -1.18. The Labute approximate surface area is 207 Å². The molecule has 1 aliphatic rings. The Balaban J connectivity index is 2.17. The second-order valence-electron chi connectivity index (χ2n) is 8.24. The molecule has 1 aromatic carbocycles. The van der Waals surface area contributed by atoms with Crippen LogP contribution in [0.5, 0.6) is 5.75 Å². The lowest BCUT2D eigenvalue weighted by molar-refractivity contribution is -0.149. The van der Waals surface area contributed by atoms with E-state index in [4.69, 9.17) is 10.8 Å². The fourth-order valence-electron chi connectivity index (χ4n) is 3.71. The topological polar surface area (TPSA) is 199 Å². The van der Waals surface area contributed by atoms with E-state index in [1.54, 1.807) is 12.1 Å². The van der Waals surface area contributed by atoms with E-state index in [1.165, 1.54) is 17.0 Å². The summed E-state index contributed by atoms with van der Waals surface area (Å²) in [4.78, 5) is 62.0. The number of rotatable bonds is 12. The molecule has 1 saturated heterocycles. The molecular weight excluding hydrogens is 480 g/mol. The van der Waals surface area contributed by atoms with Crippen molar-refractivity contribution in [1.29, 1.82) is 0 Å². The second kappa shape index (κ2) is 13.0. The fraction of sp³-hybridized carbons (Fsp3) is 0.500. The number of likely N-dealkylation sites (tertiary alicyclic amines) is 1. The average Bonchev–Trinajstić information content (AvgIpc) is 3.31. The number of nitrogens with one attached hydrogen (secondary N) is 2. The molecular formula is C22H30N4O8S. The summed E-state index contributed by atoms with van der Waals surface area (Å²) in [6.45, 7) is 0.225. The number of carboxylic acid groups (broad SMARTS) is 2. The van der Waals surface area contributed by atoms with Crippen LogP contribution in [0.1, 0.15) is 31.2 Å². The van der Waals surface area contributed by atoms with Crippen molar-refractivity contribution in [3.8, 4) is 5.75 Å². The molecule has 0 saturated carbocycles. The number of carboxylic acids is 2. The molecule has 12 nitrogen and oxygen atoms in total. The first-order chi connectivity index (χ1) is 16.5. The highest BCUT2D eigenvalue weighted by Gasteiger charge is 2.38. The molecule has 1 fully saturated rings. The van der Waals surface area contributed by atoms with Gasteiger partial charge in [0.25, 0.3) is 0 Å². The number of benzene rings is 1. The summed E-state index contributed by atoms with van der Waals surface area (Å²) in [5.74, 6) is -4.43. The monoisotopic (exact) mass is 510 g/mol. The molecule has 0 aliphatic carbocycles. The van der Waals surface area contributed by atoms with Gasteiger partial charge in [0, 0.05) is 25.1 Å². The van der Waals surface area contributed by atoms with Crippen molar-refractivity contribution in [2.24, 2.45) is 5.73 Å². The normalized spacial score (nSPS) is 17.8. The van der Waals surface area contributed by atoms with Gasteiger partial charge in [0.1, 0.15) is 23.9 Å². The third-order valence-electron chi connectivity index (χ3n) is 5.63. The van der Waals surface area contributed by atoms with Gasteiger partial charge in [-0.05, 0) is 37.0 Å². The largest absolute Gasteiger partial charge is 0.508 e. The number of aliphatic carboxylic acids is 2. The van der Waals surface area contributed by atoms with Crippen molar-refractivity contribution in [3.05, 3.63) is 29.8 Å². The van der Waals surface area contributed by atoms with Gasteiger partial charge in [-0.1, -0.05) is 12.1 Å². The number of phenols is 1. The zero-order valence-electron chi connectivity index (χ0n) is 18.9. The standard InChI is InChI=1S/C22H30N4O8S/c23-14(7-8-18(28)29)19(30)25-16(11-35)20(31)24-15(10-12-3-5-13(27)6-4-12)21(32)26-9-1-2-17(26)22(33)34/h3-6,14-17,27,35H,1-2,7-11,23H2,(H,24,31)(H,25,30)(H,28,29)(H,33,34). The molecule has 192 valence electrons. The third-order valence-corrected chi connectivity index (χ3v) is 6.00. The van der Waals surface area contributed by atoms with Gasteiger partial charge in [-0.2, -0.15) is 12.6 Å². The van der Waals surface area contributed by atoms with Crippen LogP contribution in [0.4, 0.5) is 0 Å². The van der Waals surface area contributed by atoms with Crippen molar-refractivity contribution in [3.63, 3.8) is 0 Å². The first-order valence-electron chi connectivity index (χ1n) is 11.0. The van der Waals surface area contributed by atoms with E-state index in [0.717, 1.165) is 0 Å². The summed E-state index contributed by atoms with van der Waals surface area (Å²) in [5, 5.41) is 32.7. The molecule has 0 bridgehead atoms. The number of phenolic OH excluding ortho intramolecular Hbond substituents is 1. The molecule has 13 heteroatoms. The quantitative estimate of drug-likeness (QED) is 0.174. The maximum Gasteiger partial charge on any atom is 0.326 e. The summed E-state index contributed by atoms with van der Waals surface area (Å²) in [6.07, 6.45) is 0.362. The number of nitrogens with two attached hydrogens (primary N) is 1. The van der Waals surface area contributed by atoms with Gasteiger partial charge in [-0.25, -0.2) is 4.79 Å². The molecule has 1 heterocycles. The highest BCUT2D eigenvalue weighted by Crippen LogP contribution is 2.20. The van der Waals surface area contributed by atoms with E-state index in [0.29, 0.717) is 18.4 Å². The molecule has 1 aliphatic heterocycles. The minimum absolute atomic E-state index is 0.0130. The summed E-state index contributed by atoms with van der Waals surface area (Å²) in [5.41, 5.74) is 6.30. The number of carbonyl (C=O) groups excluding carboxylic acids is 3. The summed E-state index contributed by atoms with van der Waals surface area (Å²) < 4.78 is 0. The van der Waals surface area contributed by atoms with Gasteiger partial charge in [-0.15, -0.1) is 0 Å². The van der Waals surface area contributed by atoms with Crippen molar-refractivity contribution in [2.75, 3.05) is 12.3 Å². The fourth-order valence-corrected chi connectivity index (χ4v) is 3.97. The van der Waals surface area contributed by atoms with Crippen LogP contribution in [-0.4, -0.2) is 86.3 Å². The van der Waals surface area contributed by atoms with Gasteiger partial charge < -0.3 is 36.6 Å². The van der Waals surface area contributed by atoms with Crippen molar-refractivity contribution in [2.45, 2.75) is 56.3 Å². The first kappa shape index (κ1) is 27.9. The van der Waals surface area contributed by atoms with Gasteiger partial charge in [-0.3, -0.25) is 19.2 Å². The van der Waals surface area contributed by atoms with E-state index < -0.39 is 53.8 Å². The predicted octanol–water partition coefficient (Wildman–Crippen LogP) is -0.898. The smallest absolute Gasteiger partial charge is 0.326 e. The van der Waals surface area contributed by atoms with Crippen molar-refractivity contribution in [1.82, 2.24) is 15.5 Å². The molecule has 7 N–H and O–H groups in total. The molecule has 35 heavy (non-hydrogen) atoms. The van der Waals surface area contributed by atoms with Crippen LogP contribution in [-0.2, 0) is 30.4 Å². The van der Waals surface area contributed by atoms with E-state index in [1.807, 2.05) is 0 Å². The zero-order valence-corrected chi connectivity index (χ0v) is 19.8. The maximum atomic E-state index is 13.3. The number of carbonyl (C=O) groups is 5. The van der Waals surface area contributed by atoms with Crippen molar-refractivity contribution >= 4 is 42.3 Å².